The lowest BCUT2D eigenvalue weighted by Crippen LogP contribution is -2.88. The fraction of sp³-hybridized carbons (Fsp3) is 0.885. The van der Waals surface area contributed by atoms with E-state index in [1.807, 2.05) is 0 Å². The van der Waals surface area contributed by atoms with E-state index in [9.17, 15) is 52.0 Å². The molecule has 0 heterocycles. The molecule has 0 amide bonds. The zero-order valence-electron chi connectivity index (χ0n) is 30.3. The van der Waals surface area contributed by atoms with Gasteiger partial charge in [-0.3, -0.25) is 0 Å². The van der Waals surface area contributed by atoms with Crippen molar-refractivity contribution in [3.63, 3.8) is 0 Å². The molecule has 0 spiro atoms. The molecule has 0 saturated heterocycles. The van der Waals surface area contributed by atoms with Gasteiger partial charge in [-0.25, -0.2) is 33.7 Å². The van der Waals surface area contributed by atoms with E-state index in [1.165, 1.54) is 34.6 Å². The van der Waals surface area contributed by atoms with Crippen LogP contribution >= 0.6 is 0 Å². The number of carbonyl (C=O) groups excluding carboxylic acids is 1. The third-order valence-electron chi connectivity index (χ3n) is 7.84. The van der Waals surface area contributed by atoms with Crippen molar-refractivity contribution in [2.75, 3.05) is 35.8 Å². The zero-order chi connectivity index (χ0) is 41.9. The SMILES string of the molecule is CCCCS(=O)(=O)N(F)C(N(F)S(=O)(=O)CCCC)(N(F)S(=O)(=O)CCCC)C(C=CC(=O)[O-])(N(F)S(=O)(=O)CCCC)[N+](C)(F)S(=O)(=O)CCCC. The molecule has 17 nitrogen and oxygen atoms in total. The highest BCUT2D eigenvalue weighted by Crippen LogP contribution is 2.54. The number of halogens is 5. The second-order valence-corrected chi connectivity index (χ2v) is 21.8. The van der Waals surface area contributed by atoms with E-state index in [0.29, 0.717) is 0 Å². The molecular weight excluding hydrogens is 830 g/mol. The summed E-state index contributed by atoms with van der Waals surface area (Å²) in [7, 11) is -32.0. The lowest BCUT2D eigenvalue weighted by atomic mass is 10.0. The Morgan fingerprint density at radius 3 is 1.09 bits per heavy atom. The summed E-state index contributed by atoms with van der Waals surface area (Å²) in [6.45, 7) is 6.45. The number of hydrogen-bond donors (Lipinski definition) is 0. The van der Waals surface area contributed by atoms with Gasteiger partial charge in [-0.1, -0.05) is 66.7 Å². The Kier molecular flexibility index (Phi) is 19.4. The number of nitrogens with zero attached hydrogens (tertiary/aromatic N) is 5. The lowest BCUT2D eigenvalue weighted by molar-refractivity contribution is -0.994. The van der Waals surface area contributed by atoms with Gasteiger partial charge in [0.05, 0.1) is 29.0 Å². The van der Waals surface area contributed by atoms with Gasteiger partial charge in [0.1, 0.15) is 12.8 Å². The fourth-order valence-corrected chi connectivity index (χ4v) is 12.6. The van der Waals surface area contributed by atoms with E-state index in [2.05, 4.69) is 0 Å². The summed E-state index contributed by atoms with van der Waals surface area (Å²) in [6.07, 6.45) is -5.87. The van der Waals surface area contributed by atoms with Gasteiger partial charge in [-0.05, 0) is 42.3 Å². The molecule has 0 aliphatic rings. The van der Waals surface area contributed by atoms with Crippen LogP contribution in [0, 0.1) is 0 Å². The van der Waals surface area contributed by atoms with Crippen molar-refractivity contribution in [3.05, 3.63) is 12.2 Å². The summed E-state index contributed by atoms with van der Waals surface area (Å²) in [4.78, 5) is 11.8. The smallest absolute Gasteiger partial charge is 0.337 e. The van der Waals surface area contributed by atoms with Crippen LogP contribution in [0.5, 0.6) is 0 Å². The summed E-state index contributed by atoms with van der Waals surface area (Å²) in [5, 5.41) is 11.8. The predicted molar refractivity (Wildman–Crippen MR) is 182 cm³/mol. The Labute approximate surface area is 309 Å². The van der Waals surface area contributed by atoms with Gasteiger partial charge in [-0.2, -0.15) is 8.42 Å². The maximum Gasteiger partial charge on any atom is 0.337 e. The van der Waals surface area contributed by atoms with E-state index >= 15 is 22.4 Å². The number of carboxylic acids is 1. The van der Waals surface area contributed by atoms with Gasteiger partial charge in [0, 0.05) is 28.7 Å². The molecular formula is C26H50F5N5O12S5. The van der Waals surface area contributed by atoms with E-state index < -0.39 is 170 Å². The molecule has 0 saturated carbocycles. The number of unbranched alkanes of at least 4 members (excludes halogenated alkanes) is 5. The molecule has 0 N–H and O–H groups in total. The van der Waals surface area contributed by atoms with Crippen molar-refractivity contribution in [1.29, 1.82) is 0 Å². The van der Waals surface area contributed by atoms with Crippen LogP contribution in [0.2, 0.25) is 0 Å². The van der Waals surface area contributed by atoms with Gasteiger partial charge in [0.2, 0.25) is 40.1 Å². The number of quaternary nitrogens is 1. The van der Waals surface area contributed by atoms with Crippen molar-refractivity contribution < 1.29 is 78.5 Å². The third-order valence-corrected chi connectivity index (χ3v) is 16.2. The van der Waals surface area contributed by atoms with E-state index in [-0.39, 0.29) is 32.1 Å². The number of aliphatic carboxylic acids is 1. The number of rotatable bonds is 28. The lowest BCUT2D eigenvalue weighted by Gasteiger charge is -2.53. The fourth-order valence-electron chi connectivity index (χ4n) is 4.72. The third kappa shape index (κ3) is 10.8. The summed E-state index contributed by atoms with van der Waals surface area (Å²) < 4.78 is 211. The van der Waals surface area contributed by atoms with Gasteiger partial charge in [0.15, 0.2) is 0 Å². The second-order valence-electron chi connectivity index (χ2n) is 12.0. The maximum absolute atomic E-state index is 17.9. The van der Waals surface area contributed by atoms with Gasteiger partial charge < -0.3 is 9.90 Å². The highest BCUT2D eigenvalue weighted by atomic mass is 32.2. The first-order chi connectivity index (χ1) is 24.1. The molecule has 0 rings (SSSR count). The molecule has 2 unspecified atom stereocenters. The van der Waals surface area contributed by atoms with Crippen LogP contribution in [-0.2, 0) is 54.9 Å². The van der Waals surface area contributed by atoms with Crippen LogP contribution in [0.15, 0.2) is 12.2 Å². The van der Waals surface area contributed by atoms with E-state index in [4.69, 9.17) is 0 Å². The van der Waals surface area contributed by atoms with Gasteiger partial charge in [0.25, 0.3) is 0 Å². The van der Waals surface area contributed by atoms with Crippen LogP contribution in [0.25, 0.3) is 0 Å². The Morgan fingerprint density at radius 1 is 0.566 bits per heavy atom. The number of carboxylic acid groups (broad SMARTS) is 1. The van der Waals surface area contributed by atoms with Crippen molar-refractivity contribution in [2.24, 2.45) is 0 Å². The first kappa shape index (κ1) is 51.4. The minimum Gasteiger partial charge on any atom is -0.545 e. The molecule has 53 heavy (non-hydrogen) atoms. The minimum absolute atomic E-state index is 0.164. The second kappa shape index (κ2) is 20.0. The number of sulfonamides is 5. The Bertz CT molecular complexity index is 1690. The first-order valence-electron chi connectivity index (χ1n) is 16.5. The summed E-state index contributed by atoms with van der Waals surface area (Å²) in [5.74, 6) is -17.0. The average molecular weight is 880 g/mol. The van der Waals surface area contributed by atoms with Crippen LogP contribution in [-0.4, -0.2) is 118 Å². The quantitative estimate of drug-likeness (QED) is 0.0478. The standard InChI is InChI=1S/C26H50F5N5O12S5/c1-7-12-19-49(39,40)32(27)25(18-17-24(37)38,36(6,31)53(47,48)23-16-11-5)26(33(28)50(41,42)20-13-8-2,34(29)51(43,44)21-14-9-3)35(30)52(45,46)22-15-10-4/h17-18H,7-16,19-23H2,1-6H3. The molecule has 0 aromatic heterocycles. The topological polar surface area (TPSA) is 224 Å². The normalized spacial score (nSPS) is 16.5. The molecule has 0 aromatic rings. The Balaban J connectivity index is 10.1. The maximum atomic E-state index is 17.9. The molecule has 316 valence electrons. The zero-order valence-corrected chi connectivity index (χ0v) is 34.4. The minimum atomic E-state index is -6.35. The molecule has 0 bridgehead atoms. The Morgan fingerprint density at radius 2 is 0.830 bits per heavy atom. The van der Waals surface area contributed by atoms with Crippen LogP contribution in [0.3, 0.4) is 0 Å². The molecule has 0 fully saturated rings. The average Bonchev–Trinajstić information content (AvgIpc) is 3.07. The highest BCUT2D eigenvalue weighted by molar-refractivity contribution is 7.91. The summed E-state index contributed by atoms with van der Waals surface area (Å²) in [6, 6.07) is 0. The molecule has 0 aliphatic heterocycles. The van der Waals surface area contributed by atoms with E-state index in [1.54, 1.807) is 0 Å². The van der Waals surface area contributed by atoms with Crippen molar-refractivity contribution in [1.82, 2.24) is 18.1 Å². The molecule has 0 aliphatic carbocycles. The molecule has 27 heteroatoms. The monoisotopic (exact) mass is 879 g/mol. The summed E-state index contributed by atoms with van der Waals surface area (Å²) >= 11 is 0. The molecule has 2 atom stereocenters. The highest BCUT2D eigenvalue weighted by Gasteiger charge is 2.87. The van der Waals surface area contributed by atoms with Gasteiger partial charge >= 0.3 is 21.5 Å². The Hall–Kier alpha value is -1.59. The van der Waals surface area contributed by atoms with E-state index in [0.717, 1.165) is 0 Å². The van der Waals surface area contributed by atoms with Crippen LogP contribution in [0.4, 0.5) is 22.4 Å². The van der Waals surface area contributed by atoms with Crippen LogP contribution in [0.1, 0.15) is 98.8 Å². The van der Waals surface area contributed by atoms with Crippen molar-refractivity contribution >= 4 is 56.1 Å². The number of hydrogen-bond acceptors (Lipinski definition) is 12. The summed E-state index contributed by atoms with van der Waals surface area (Å²) in [5.41, 5.74) is -5.73. The predicted octanol–water partition coefficient (Wildman–Crippen LogP) is 2.37. The van der Waals surface area contributed by atoms with Crippen molar-refractivity contribution in [2.45, 2.75) is 110 Å². The van der Waals surface area contributed by atoms with Gasteiger partial charge in [-0.15, -0.1) is 17.9 Å². The molecule has 0 radical (unpaired) electrons. The van der Waals surface area contributed by atoms with Crippen LogP contribution < -0.4 is 5.11 Å². The van der Waals surface area contributed by atoms with Crippen molar-refractivity contribution in [3.8, 4) is 0 Å². The largest absolute Gasteiger partial charge is 0.545 e. The molecule has 0 aromatic carbocycles. The number of carbonyl (C=O) groups is 1. The number of likely N-dealkylation sites (N-methyl/N-ethyl adjacent to an activating group) is 1. The first-order valence-corrected chi connectivity index (χ1v) is 24.6.